The normalized spacial score (nSPS) is 16.3. The number of hydrogen-bond donors (Lipinski definition) is 1. The lowest BCUT2D eigenvalue weighted by molar-refractivity contribution is 0.0974. The maximum absolute atomic E-state index is 12.1. The molecule has 6 heteroatoms. The van der Waals surface area contributed by atoms with Crippen molar-refractivity contribution in [2.75, 3.05) is 38.1 Å². The Morgan fingerprint density at radius 3 is 2.62 bits per heavy atom. The van der Waals surface area contributed by atoms with Gasteiger partial charge in [-0.3, -0.25) is 9.59 Å². The van der Waals surface area contributed by atoms with Crippen molar-refractivity contribution in [3.05, 3.63) is 40.2 Å². The molecule has 3 rings (SSSR count). The van der Waals surface area contributed by atoms with Crippen molar-refractivity contribution in [2.45, 2.75) is 0 Å². The number of fused-ring (bicyclic) bond motifs is 1. The fourth-order valence-corrected chi connectivity index (χ4v) is 2.58. The molecule has 1 saturated heterocycles. The molecule has 0 unspecified atom stereocenters. The number of primary amides is 1. The lowest BCUT2D eigenvalue weighted by Crippen LogP contribution is -2.44. The van der Waals surface area contributed by atoms with Crippen LogP contribution in [0.25, 0.3) is 11.0 Å². The van der Waals surface area contributed by atoms with Crippen molar-refractivity contribution in [1.29, 1.82) is 0 Å². The van der Waals surface area contributed by atoms with Gasteiger partial charge in [-0.1, -0.05) is 6.07 Å². The van der Waals surface area contributed by atoms with Gasteiger partial charge in [0.1, 0.15) is 0 Å². The first-order chi connectivity index (χ1) is 10.1. The summed E-state index contributed by atoms with van der Waals surface area (Å²) in [6, 6.07) is 6.59. The minimum atomic E-state index is -0.734. The SMILES string of the molecule is CN1CCN(c2cccc3c(=O)cc(C(N)=O)oc23)CC1. The number of nitrogens with two attached hydrogens (primary N) is 1. The number of piperazine rings is 1. The van der Waals surface area contributed by atoms with Gasteiger partial charge in [0.25, 0.3) is 5.91 Å². The quantitative estimate of drug-likeness (QED) is 0.877. The average Bonchev–Trinajstić information content (AvgIpc) is 2.47. The Labute approximate surface area is 121 Å². The first-order valence-electron chi connectivity index (χ1n) is 6.86. The van der Waals surface area contributed by atoms with Gasteiger partial charge in [-0.2, -0.15) is 0 Å². The third-order valence-corrected chi connectivity index (χ3v) is 3.82. The van der Waals surface area contributed by atoms with E-state index in [1.807, 2.05) is 12.1 Å². The molecule has 110 valence electrons. The van der Waals surface area contributed by atoms with Crippen LogP contribution in [0.1, 0.15) is 10.6 Å². The van der Waals surface area contributed by atoms with E-state index in [1.54, 1.807) is 6.07 Å². The molecule has 0 bridgehead atoms. The number of carbonyl (C=O) groups is 1. The molecule has 2 aromatic rings. The topological polar surface area (TPSA) is 79.8 Å². The van der Waals surface area contributed by atoms with E-state index < -0.39 is 5.91 Å². The van der Waals surface area contributed by atoms with Crippen molar-refractivity contribution < 1.29 is 9.21 Å². The average molecular weight is 287 g/mol. The number of nitrogens with zero attached hydrogens (tertiary/aromatic N) is 2. The minimum absolute atomic E-state index is 0.103. The molecule has 1 aliphatic rings. The first-order valence-corrected chi connectivity index (χ1v) is 6.86. The Balaban J connectivity index is 2.14. The van der Waals surface area contributed by atoms with Crippen LogP contribution in [-0.2, 0) is 0 Å². The largest absolute Gasteiger partial charge is 0.448 e. The molecule has 2 N–H and O–H groups in total. The maximum atomic E-state index is 12.1. The number of anilines is 1. The van der Waals surface area contributed by atoms with Gasteiger partial charge in [0.15, 0.2) is 16.8 Å². The molecule has 1 aromatic carbocycles. The summed E-state index contributed by atoms with van der Waals surface area (Å²) in [5.41, 5.74) is 6.25. The second kappa shape index (κ2) is 5.21. The van der Waals surface area contributed by atoms with Crippen LogP contribution in [0.5, 0.6) is 0 Å². The van der Waals surface area contributed by atoms with E-state index in [4.69, 9.17) is 10.2 Å². The van der Waals surface area contributed by atoms with Crippen molar-refractivity contribution in [3.63, 3.8) is 0 Å². The highest BCUT2D eigenvalue weighted by Crippen LogP contribution is 2.26. The van der Waals surface area contributed by atoms with E-state index >= 15 is 0 Å². The van der Waals surface area contributed by atoms with Crippen LogP contribution in [0.2, 0.25) is 0 Å². The van der Waals surface area contributed by atoms with Crippen LogP contribution < -0.4 is 16.1 Å². The third kappa shape index (κ3) is 2.50. The summed E-state index contributed by atoms with van der Waals surface area (Å²) >= 11 is 0. The maximum Gasteiger partial charge on any atom is 0.284 e. The second-order valence-corrected chi connectivity index (χ2v) is 5.28. The molecule has 0 saturated carbocycles. The monoisotopic (exact) mass is 287 g/mol. The van der Waals surface area contributed by atoms with Crippen LogP contribution in [0.3, 0.4) is 0 Å². The summed E-state index contributed by atoms with van der Waals surface area (Å²) in [6.45, 7) is 3.58. The fourth-order valence-electron chi connectivity index (χ4n) is 2.58. The van der Waals surface area contributed by atoms with Gasteiger partial charge in [-0.15, -0.1) is 0 Å². The Morgan fingerprint density at radius 1 is 1.24 bits per heavy atom. The van der Waals surface area contributed by atoms with E-state index in [0.29, 0.717) is 11.0 Å². The predicted molar refractivity (Wildman–Crippen MR) is 80.7 cm³/mol. The van der Waals surface area contributed by atoms with Gasteiger partial charge in [-0.05, 0) is 19.2 Å². The predicted octanol–water partition coefficient (Wildman–Crippen LogP) is 0.644. The van der Waals surface area contributed by atoms with Gasteiger partial charge >= 0.3 is 0 Å². The molecule has 1 aromatic heterocycles. The molecular weight excluding hydrogens is 270 g/mol. The van der Waals surface area contributed by atoms with Crippen molar-refractivity contribution in [1.82, 2.24) is 4.90 Å². The highest BCUT2D eigenvalue weighted by Gasteiger charge is 2.19. The van der Waals surface area contributed by atoms with Crippen molar-refractivity contribution >= 4 is 22.6 Å². The standard InChI is InChI=1S/C15H17N3O3/c1-17-5-7-18(8-6-17)11-4-2-3-10-12(19)9-13(15(16)20)21-14(10)11/h2-4,9H,5-8H2,1H3,(H2,16,20). The molecule has 2 heterocycles. The Hall–Kier alpha value is -2.34. The van der Waals surface area contributed by atoms with Crippen LogP contribution in [0.15, 0.2) is 33.5 Å². The number of benzene rings is 1. The smallest absolute Gasteiger partial charge is 0.284 e. The van der Waals surface area contributed by atoms with E-state index in [-0.39, 0.29) is 11.2 Å². The zero-order valence-corrected chi connectivity index (χ0v) is 11.8. The molecule has 1 amide bonds. The van der Waals surface area contributed by atoms with E-state index in [2.05, 4.69) is 16.8 Å². The summed E-state index contributed by atoms with van der Waals surface area (Å²) in [6.07, 6.45) is 0. The van der Waals surface area contributed by atoms with E-state index in [0.717, 1.165) is 37.9 Å². The fraction of sp³-hybridized carbons (Fsp3) is 0.333. The third-order valence-electron chi connectivity index (χ3n) is 3.82. The molecule has 1 aliphatic heterocycles. The van der Waals surface area contributed by atoms with Gasteiger partial charge in [0, 0.05) is 32.2 Å². The molecule has 0 spiro atoms. The summed E-state index contributed by atoms with van der Waals surface area (Å²) in [4.78, 5) is 27.8. The van der Waals surface area contributed by atoms with Gasteiger partial charge in [0.05, 0.1) is 11.1 Å². The highest BCUT2D eigenvalue weighted by atomic mass is 16.3. The van der Waals surface area contributed by atoms with Gasteiger partial charge in [0.2, 0.25) is 0 Å². The van der Waals surface area contributed by atoms with E-state index in [9.17, 15) is 9.59 Å². The molecule has 0 aliphatic carbocycles. The Morgan fingerprint density at radius 2 is 1.95 bits per heavy atom. The number of likely N-dealkylation sites (N-methyl/N-ethyl adjacent to an activating group) is 1. The highest BCUT2D eigenvalue weighted by molar-refractivity contribution is 5.94. The van der Waals surface area contributed by atoms with Crippen molar-refractivity contribution in [3.8, 4) is 0 Å². The minimum Gasteiger partial charge on any atom is -0.448 e. The lowest BCUT2D eigenvalue weighted by atomic mass is 10.1. The van der Waals surface area contributed by atoms with Crippen LogP contribution in [0.4, 0.5) is 5.69 Å². The molecule has 0 atom stereocenters. The van der Waals surface area contributed by atoms with Crippen LogP contribution in [0, 0.1) is 0 Å². The second-order valence-electron chi connectivity index (χ2n) is 5.28. The van der Waals surface area contributed by atoms with Gasteiger partial charge < -0.3 is 20.0 Å². The number of carbonyl (C=O) groups excluding carboxylic acids is 1. The summed E-state index contributed by atoms with van der Waals surface area (Å²) in [5.74, 6) is -0.837. The Kier molecular flexibility index (Phi) is 3.39. The summed E-state index contributed by atoms with van der Waals surface area (Å²) in [7, 11) is 2.08. The van der Waals surface area contributed by atoms with Gasteiger partial charge in [-0.25, -0.2) is 0 Å². The summed E-state index contributed by atoms with van der Waals surface area (Å²) < 4.78 is 5.59. The number of amides is 1. The summed E-state index contributed by atoms with van der Waals surface area (Å²) in [5, 5.41) is 0.469. The first kappa shape index (κ1) is 13.6. The Bertz CT molecular complexity index is 745. The molecule has 21 heavy (non-hydrogen) atoms. The molecule has 6 nitrogen and oxygen atoms in total. The van der Waals surface area contributed by atoms with Crippen LogP contribution >= 0.6 is 0 Å². The number of para-hydroxylation sites is 1. The van der Waals surface area contributed by atoms with Crippen molar-refractivity contribution in [2.24, 2.45) is 5.73 Å². The number of hydrogen-bond acceptors (Lipinski definition) is 5. The molecule has 0 radical (unpaired) electrons. The zero-order valence-electron chi connectivity index (χ0n) is 11.8. The zero-order chi connectivity index (χ0) is 15.0. The molecule has 1 fully saturated rings. The van der Waals surface area contributed by atoms with E-state index in [1.165, 1.54) is 0 Å². The number of rotatable bonds is 2. The van der Waals surface area contributed by atoms with Crippen LogP contribution in [-0.4, -0.2) is 44.0 Å². The lowest BCUT2D eigenvalue weighted by Gasteiger charge is -2.34. The molecular formula is C15H17N3O3.